The monoisotopic (exact) mass is 392 g/mol. The average Bonchev–Trinajstić information content (AvgIpc) is 3.14. The molecule has 28 heavy (non-hydrogen) atoms. The molecule has 0 atom stereocenters. The van der Waals surface area contributed by atoms with Crippen LogP contribution in [0.4, 0.5) is 19.0 Å². The van der Waals surface area contributed by atoms with Crippen molar-refractivity contribution >= 4 is 11.7 Å². The number of nitrogens with two attached hydrogens (primary N) is 1. The van der Waals surface area contributed by atoms with Crippen molar-refractivity contribution < 1.29 is 27.1 Å². The molecule has 2 aromatic heterocycles. The standard InChI is InChI=1S/C18H15F3N4O3/c19-18(20,21)12-4-1-5-13(7-12)27-10-15-25-14(9-28-15)17(26)24-8-11-3-2-6-23-16(11)22/h1-7,9H,8,10H2,(H2,22,23)(H,24,26). The van der Waals surface area contributed by atoms with Gasteiger partial charge in [-0.15, -0.1) is 0 Å². The van der Waals surface area contributed by atoms with E-state index in [0.29, 0.717) is 11.4 Å². The summed E-state index contributed by atoms with van der Waals surface area (Å²) in [6, 6.07) is 7.84. The number of nitrogens with zero attached hydrogens (tertiary/aromatic N) is 2. The van der Waals surface area contributed by atoms with E-state index in [1.54, 1.807) is 12.1 Å². The fourth-order valence-corrected chi connectivity index (χ4v) is 2.26. The number of anilines is 1. The fraction of sp³-hybridized carbons (Fsp3) is 0.167. The highest BCUT2D eigenvalue weighted by Gasteiger charge is 2.30. The van der Waals surface area contributed by atoms with E-state index in [1.807, 2.05) is 0 Å². The summed E-state index contributed by atoms with van der Waals surface area (Å²) in [5.41, 5.74) is 5.52. The zero-order valence-corrected chi connectivity index (χ0v) is 14.4. The first kappa shape index (κ1) is 19.2. The second-order valence-electron chi connectivity index (χ2n) is 5.67. The number of carbonyl (C=O) groups excluding carboxylic acids is 1. The van der Waals surface area contributed by atoms with Crippen LogP contribution in [-0.2, 0) is 19.3 Å². The molecule has 10 heteroatoms. The molecule has 0 bridgehead atoms. The van der Waals surface area contributed by atoms with Gasteiger partial charge in [-0.05, 0) is 24.3 Å². The maximum Gasteiger partial charge on any atom is 0.416 e. The van der Waals surface area contributed by atoms with Gasteiger partial charge in [0.25, 0.3) is 5.91 Å². The molecule has 0 radical (unpaired) electrons. The lowest BCUT2D eigenvalue weighted by Gasteiger charge is -2.09. The maximum absolute atomic E-state index is 12.7. The molecule has 3 N–H and O–H groups in total. The summed E-state index contributed by atoms with van der Waals surface area (Å²) >= 11 is 0. The lowest BCUT2D eigenvalue weighted by molar-refractivity contribution is -0.137. The summed E-state index contributed by atoms with van der Waals surface area (Å²) < 4.78 is 48.5. The Kier molecular flexibility index (Phi) is 5.48. The second-order valence-corrected chi connectivity index (χ2v) is 5.67. The van der Waals surface area contributed by atoms with Gasteiger partial charge >= 0.3 is 6.18 Å². The van der Waals surface area contributed by atoms with Crippen LogP contribution >= 0.6 is 0 Å². The lowest BCUT2D eigenvalue weighted by atomic mass is 10.2. The van der Waals surface area contributed by atoms with Crippen LogP contribution < -0.4 is 15.8 Å². The van der Waals surface area contributed by atoms with Crippen LogP contribution in [0.5, 0.6) is 5.75 Å². The largest absolute Gasteiger partial charge is 0.484 e. The molecule has 3 aromatic rings. The Bertz CT molecular complexity index is 972. The third-order valence-corrected chi connectivity index (χ3v) is 3.67. The number of carbonyl (C=O) groups is 1. The molecular weight excluding hydrogens is 377 g/mol. The average molecular weight is 392 g/mol. The van der Waals surface area contributed by atoms with Gasteiger partial charge in [0.15, 0.2) is 12.3 Å². The van der Waals surface area contributed by atoms with Crippen molar-refractivity contribution in [2.24, 2.45) is 0 Å². The molecule has 0 saturated carbocycles. The quantitative estimate of drug-likeness (QED) is 0.668. The smallest absolute Gasteiger partial charge is 0.416 e. The summed E-state index contributed by atoms with van der Waals surface area (Å²) in [5.74, 6) is -0.148. The number of pyridine rings is 1. The summed E-state index contributed by atoms with van der Waals surface area (Å²) in [7, 11) is 0. The van der Waals surface area contributed by atoms with Gasteiger partial charge in [-0.25, -0.2) is 9.97 Å². The van der Waals surface area contributed by atoms with E-state index in [1.165, 1.54) is 18.3 Å². The van der Waals surface area contributed by atoms with Crippen molar-refractivity contribution in [3.05, 3.63) is 71.6 Å². The summed E-state index contributed by atoms with van der Waals surface area (Å²) in [5, 5.41) is 2.62. The highest BCUT2D eigenvalue weighted by molar-refractivity contribution is 5.91. The minimum absolute atomic E-state index is 0.00473. The highest BCUT2D eigenvalue weighted by atomic mass is 19.4. The maximum atomic E-state index is 12.7. The first-order valence-corrected chi connectivity index (χ1v) is 8.05. The molecule has 0 spiro atoms. The zero-order valence-electron chi connectivity index (χ0n) is 14.4. The third kappa shape index (κ3) is 4.78. The Labute approximate surface area is 157 Å². The van der Waals surface area contributed by atoms with Gasteiger partial charge in [0.2, 0.25) is 5.89 Å². The first-order valence-electron chi connectivity index (χ1n) is 8.05. The van der Waals surface area contributed by atoms with Gasteiger partial charge in [0.1, 0.15) is 17.8 Å². The van der Waals surface area contributed by atoms with Crippen LogP contribution in [0, 0.1) is 0 Å². The Morgan fingerprint density at radius 3 is 2.82 bits per heavy atom. The van der Waals surface area contributed by atoms with E-state index in [-0.39, 0.29) is 30.5 Å². The minimum atomic E-state index is -4.47. The van der Waals surface area contributed by atoms with Crippen molar-refractivity contribution in [1.29, 1.82) is 0 Å². The van der Waals surface area contributed by atoms with Gasteiger partial charge in [0, 0.05) is 18.3 Å². The number of rotatable bonds is 6. The number of ether oxygens (including phenoxy) is 1. The summed E-state index contributed by atoms with van der Waals surface area (Å²) in [4.78, 5) is 20.0. The van der Waals surface area contributed by atoms with E-state index in [0.717, 1.165) is 18.4 Å². The molecule has 7 nitrogen and oxygen atoms in total. The number of hydrogen-bond donors (Lipinski definition) is 2. The molecule has 0 saturated heterocycles. The number of hydrogen-bond acceptors (Lipinski definition) is 6. The second kappa shape index (κ2) is 7.99. The van der Waals surface area contributed by atoms with Crippen molar-refractivity contribution in [2.75, 3.05) is 5.73 Å². The van der Waals surface area contributed by atoms with Crippen molar-refractivity contribution in [3.8, 4) is 5.75 Å². The van der Waals surface area contributed by atoms with Crippen LogP contribution in [-0.4, -0.2) is 15.9 Å². The Morgan fingerprint density at radius 1 is 1.25 bits per heavy atom. The van der Waals surface area contributed by atoms with Gasteiger partial charge in [0.05, 0.1) is 5.56 Å². The van der Waals surface area contributed by atoms with E-state index in [4.69, 9.17) is 14.9 Å². The molecule has 0 aliphatic heterocycles. The fourth-order valence-electron chi connectivity index (χ4n) is 2.26. The van der Waals surface area contributed by atoms with Gasteiger partial charge in [-0.2, -0.15) is 13.2 Å². The third-order valence-electron chi connectivity index (χ3n) is 3.67. The van der Waals surface area contributed by atoms with Crippen molar-refractivity contribution in [1.82, 2.24) is 15.3 Å². The first-order chi connectivity index (χ1) is 13.3. The van der Waals surface area contributed by atoms with Crippen LogP contribution in [0.2, 0.25) is 0 Å². The number of benzene rings is 1. The van der Waals surface area contributed by atoms with Crippen LogP contribution in [0.15, 0.2) is 53.3 Å². The topological polar surface area (TPSA) is 103 Å². The van der Waals surface area contributed by atoms with E-state index >= 15 is 0 Å². The number of oxazole rings is 1. The zero-order chi connectivity index (χ0) is 20.1. The number of aromatic nitrogens is 2. The molecule has 2 heterocycles. The molecule has 0 aliphatic rings. The SMILES string of the molecule is Nc1ncccc1CNC(=O)c1coc(COc2cccc(C(F)(F)F)c2)n1. The number of nitrogen functional groups attached to an aromatic ring is 1. The summed E-state index contributed by atoms with van der Waals surface area (Å²) in [6.07, 6.45) is -1.80. The van der Waals surface area contributed by atoms with Crippen LogP contribution in [0.3, 0.4) is 0 Å². The molecule has 1 aromatic carbocycles. The Balaban J connectivity index is 1.57. The van der Waals surface area contributed by atoms with Gasteiger partial charge in [-0.3, -0.25) is 4.79 Å². The van der Waals surface area contributed by atoms with E-state index in [9.17, 15) is 18.0 Å². The number of halogens is 3. The number of alkyl halides is 3. The normalized spacial score (nSPS) is 11.2. The predicted octanol–water partition coefficient (Wildman–Crippen LogP) is 3.18. The Hall–Kier alpha value is -3.56. The molecule has 146 valence electrons. The van der Waals surface area contributed by atoms with Gasteiger partial charge in [-0.1, -0.05) is 12.1 Å². The molecule has 0 unspecified atom stereocenters. The number of nitrogens with one attached hydrogen (secondary N) is 1. The lowest BCUT2D eigenvalue weighted by Crippen LogP contribution is -2.23. The van der Waals surface area contributed by atoms with E-state index < -0.39 is 17.6 Å². The van der Waals surface area contributed by atoms with Crippen molar-refractivity contribution in [3.63, 3.8) is 0 Å². The van der Waals surface area contributed by atoms with Crippen molar-refractivity contribution in [2.45, 2.75) is 19.3 Å². The van der Waals surface area contributed by atoms with Crippen LogP contribution in [0.25, 0.3) is 0 Å². The molecule has 0 aliphatic carbocycles. The minimum Gasteiger partial charge on any atom is -0.484 e. The molecule has 0 fully saturated rings. The number of amides is 1. The molecule has 3 rings (SSSR count). The molecule has 1 amide bonds. The van der Waals surface area contributed by atoms with Gasteiger partial charge < -0.3 is 20.2 Å². The highest BCUT2D eigenvalue weighted by Crippen LogP contribution is 2.31. The van der Waals surface area contributed by atoms with E-state index in [2.05, 4.69) is 15.3 Å². The van der Waals surface area contributed by atoms with Crippen LogP contribution in [0.1, 0.15) is 27.5 Å². The molecular formula is C18H15F3N4O3. The predicted molar refractivity (Wildman–Crippen MR) is 92.1 cm³/mol. The Morgan fingerprint density at radius 2 is 2.07 bits per heavy atom. The summed E-state index contributed by atoms with van der Waals surface area (Å²) in [6.45, 7) is -0.0778.